The highest BCUT2D eigenvalue weighted by molar-refractivity contribution is 9.10. The molecule has 0 bridgehead atoms. The highest BCUT2D eigenvalue weighted by atomic mass is 79.9. The predicted molar refractivity (Wildman–Crippen MR) is 92.8 cm³/mol. The van der Waals surface area contributed by atoms with Crippen LogP contribution in [-0.2, 0) is 11.2 Å². The van der Waals surface area contributed by atoms with Gasteiger partial charge in [0, 0.05) is 17.6 Å². The Bertz CT molecular complexity index is 427. The van der Waals surface area contributed by atoms with Crippen LogP contribution in [-0.4, -0.2) is 25.3 Å². The molecule has 21 heavy (non-hydrogen) atoms. The number of methoxy groups -OCH3 is 1. The van der Waals surface area contributed by atoms with Crippen LogP contribution >= 0.6 is 15.9 Å². The summed E-state index contributed by atoms with van der Waals surface area (Å²) < 4.78 is 7.26. The molecule has 1 unspecified atom stereocenters. The van der Waals surface area contributed by atoms with Crippen LogP contribution < -0.4 is 5.32 Å². The molecule has 1 fully saturated rings. The lowest BCUT2D eigenvalue weighted by Crippen LogP contribution is -2.53. The molecule has 1 aliphatic rings. The first-order valence-corrected chi connectivity index (χ1v) is 9.02. The molecule has 1 N–H and O–H groups in total. The average Bonchev–Trinajstić information content (AvgIpc) is 2.73. The fourth-order valence-corrected chi connectivity index (χ4v) is 4.06. The molecule has 0 aromatic heterocycles. The minimum absolute atomic E-state index is 0.00513. The lowest BCUT2D eigenvalue weighted by molar-refractivity contribution is -0.0523. The van der Waals surface area contributed by atoms with E-state index < -0.39 is 0 Å². The third kappa shape index (κ3) is 4.54. The molecule has 0 radical (unpaired) electrons. The van der Waals surface area contributed by atoms with Gasteiger partial charge in [0.25, 0.3) is 0 Å². The van der Waals surface area contributed by atoms with E-state index in [9.17, 15) is 0 Å². The van der Waals surface area contributed by atoms with Crippen molar-refractivity contribution in [3.05, 3.63) is 34.3 Å². The lowest BCUT2D eigenvalue weighted by atomic mass is 9.82. The maximum atomic E-state index is 6.10. The smallest absolute Gasteiger partial charge is 0.0834 e. The van der Waals surface area contributed by atoms with Gasteiger partial charge in [-0.15, -0.1) is 0 Å². The maximum Gasteiger partial charge on any atom is 0.0834 e. The molecule has 2 rings (SSSR count). The normalized spacial score (nSPS) is 20.0. The summed E-state index contributed by atoms with van der Waals surface area (Å²) in [4.78, 5) is 0. The zero-order chi connectivity index (χ0) is 15.1. The molecule has 0 spiro atoms. The number of benzene rings is 1. The highest BCUT2D eigenvalue weighted by Gasteiger charge is 2.38. The van der Waals surface area contributed by atoms with Crippen LogP contribution in [0.4, 0.5) is 0 Å². The maximum absolute atomic E-state index is 6.10. The van der Waals surface area contributed by atoms with Crippen LogP contribution in [0.25, 0.3) is 0 Å². The monoisotopic (exact) mass is 353 g/mol. The summed E-state index contributed by atoms with van der Waals surface area (Å²) in [5.74, 6) is 0. The summed E-state index contributed by atoms with van der Waals surface area (Å²) in [6, 6.07) is 9.04. The van der Waals surface area contributed by atoms with E-state index in [1.54, 1.807) is 0 Å². The van der Waals surface area contributed by atoms with Crippen LogP contribution in [0.3, 0.4) is 0 Å². The first-order chi connectivity index (χ1) is 10.2. The van der Waals surface area contributed by atoms with Crippen molar-refractivity contribution < 1.29 is 4.74 Å². The van der Waals surface area contributed by atoms with E-state index in [0.29, 0.717) is 6.04 Å². The largest absolute Gasteiger partial charge is 0.377 e. The average molecular weight is 354 g/mol. The summed E-state index contributed by atoms with van der Waals surface area (Å²) in [7, 11) is 1.90. The van der Waals surface area contributed by atoms with Gasteiger partial charge in [-0.2, -0.15) is 0 Å². The molecule has 1 aliphatic carbocycles. The Morgan fingerprint density at radius 1 is 1.24 bits per heavy atom. The van der Waals surface area contributed by atoms with Gasteiger partial charge in [-0.1, -0.05) is 60.7 Å². The van der Waals surface area contributed by atoms with Crippen LogP contribution in [0.15, 0.2) is 28.7 Å². The zero-order valence-corrected chi connectivity index (χ0v) is 14.9. The summed E-state index contributed by atoms with van der Waals surface area (Å²) >= 11 is 3.58. The summed E-state index contributed by atoms with van der Waals surface area (Å²) in [5, 5.41) is 3.70. The molecule has 1 aromatic rings. The third-order valence-corrected chi connectivity index (χ3v) is 5.26. The van der Waals surface area contributed by atoms with Crippen LogP contribution in [0, 0.1) is 0 Å². The molecule has 0 saturated heterocycles. The molecule has 1 saturated carbocycles. The van der Waals surface area contributed by atoms with E-state index in [4.69, 9.17) is 4.74 Å². The van der Waals surface area contributed by atoms with Crippen molar-refractivity contribution in [2.45, 2.75) is 63.5 Å². The minimum Gasteiger partial charge on any atom is -0.377 e. The van der Waals surface area contributed by atoms with Crippen LogP contribution in [0.1, 0.15) is 51.0 Å². The predicted octanol–water partition coefficient (Wildman–Crippen LogP) is 4.71. The number of hydrogen-bond donors (Lipinski definition) is 1. The second-order valence-corrected chi connectivity index (χ2v) is 7.04. The number of nitrogens with one attached hydrogen (secondary N) is 1. The van der Waals surface area contributed by atoms with E-state index in [0.717, 1.165) is 17.4 Å². The van der Waals surface area contributed by atoms with Crippen molar-refractivity contribution in [3.8, 4) is 0 Å². The molecular formula is C18H28BrNO. The molecule has 118 valence electrons. The SMILES string of the molecule is CCNC(Cc1cccc(Br)c1)C1(OC)CCCCCC1. The topological polar surface area (TPSA) is 21.3 Å². The second-order valence-electron chi connectivity index (χ2n) is 6.13. The van der Waals surface area contributed by atoms with Gasteiger partial charge in [-0.25, -0.2) is 0 Å². The van der Waals surface area contributed by atoms with E-state index in [1.807, 2.05) is 7.11 Å². The van der Waals surface area contributed by atoms with Gasteiger partial charge in [0.15, 0.2) is 0 Å². The van der Waals surface area contributed by atoms with Crippen LogP contribution in [0.2, 0.25) is 0 Å². The second kappa shape index (κ2) is 8.30. The van der Waals surface area contributed by atoms with E-state index in [1.165, 1.54) is 44.1 Å². The van der Waals surface area contributed by atoms with E-state index in [2.05, 4.69) is 52.4 Å². The summed E-state index contributed by atoms with van der Waals surface area (Å²) in [6.07, 6.45) is 8.65. The first kappa shape index (κ1) is 17.0. The van der Waals surface area contributed by atoms with Crippen molar-refractivity contribution in [1.29, 1.82) is 0 Å². The highest BCUT2D eigenvalue weighted by Crippen LogP contribution is 2.34. The molecule has 0 amide bonds. The number of ether oxygens (including phenoxy) is 1. The molecule has 0 aliphatic heterocycles. The number of likely N-dealkylation sites (N-methyl/N-ethyl adjacent to an activating group) is 1. The number of hydrogen-bond acceptors (Lipinski definition) is 2. The zero-order valence-electron chi connectivity index (χ0n) is 13.3. The van der Waals surface area contributed by atoms with Gasteiger partial charge in [0.05, 0.1) is 5.60 Å². The fraction of sp³-hybridized carbons (Fsp3) is 0.667. The molecule has 3 heteroatoms. The fourth-order valence-electron chi connectivity index (χ4n) is 3.61. The standard InChI is InChI=1S/C18H28BrNO/c1-3-20-17(14-15-9-8-10-16(19)13-15)18(21-2)11-6-4-5-7-12-18/h8-10,13,17,20H,3-7,11-12,14H2,1-2H3. The van der Waals surface area contributed by atoms with Gasteiger partial charge >= 0.3 is 0 Å². The summed E-state index contributed by atoms with van der Waals surface area (Å²) in [5.41, 5.74) is 1.37. The van der Waals surface area contributed by atoms with Gasteiger partial charge in [-0.05, 0) is 43.5 Å². The molecule has 0 heterocycles. The third-order valence-electron chi connectivity index (χ3n) is 4.77. The lowest BCUT2D eigenvalue weighted by Gasteiger charge is -2.40. The van der Waals surface area contributed by atoms with Gasteiger partial charge in [-0.3, -0.25) is 0 Å². The van der Waals surface area contributed by atoms with Crippen molar-refractivity contribution in [1.82, 2.24) is 5.32 Å². The van der Waals surface area contributed by atoms with Crippen molar-refractivity contribution in [2.75, 3.05) is 13.7 Å². The van der Waals surface area contributed by atoms with Gasteiger partial charge in [0.2, 0.25) is 0 Å². The molecule has 2 nitrogen and oxygen atoms in total. The van der Waals surface area contributed by atoms with Crippen molar-refractivity contribution in [2.24, 2.45) is 0 Å². The van der Waals surface area contributed by atoms with Crippen LogP contribution in [0.5, 0.6) is 0 Å². The Labute approximate surface area is 137 Å². The quantitative estimate of drug-likeness (QED) is 0.747. The van der Waals surface area contributed by atoms with E-state index in [-0.39, 0.29) is 5.60 Å². The summed E-state index contributed by atoms with van der Waals surface area (Å²) in [6.45, 7) is 3.18. The minimum atomic E-state index is -0.00513. The Balaban J connectivity index is 2.18. The Morgan fingerprint density at radius 3 is 2.52 bits per heavy atom. The Kier molecular flexibility index (Phi) is 6.72. The Morgan fingerprint density at radius 2 is 1.95 bits per heavy atom. The molecule has 1 aromatic carbocycles. The van der Waals surface area contributed by atoms with E-state index >= 15 is 0 Å². The molecule has 1 atom stereocenters. The number of rotatable bonds is 6. The molecular weight excluding hydrogens is 326 g/mol. The van der Waals surface area contributed by atoms with Gasteiger partial charge in [0.1, 0.15) is 0 Å². The Hall–Kier alpha value is -0.380. The van der Waals surface area contributed by atoms with Gasteiger partial charge < -0.3 is 10.1 Å². The van der Waals surface area contributed by atoms with Crippen molar-refractivity contribution >= 4 is 15.9 Å². The van der Waals surface area contributed by atoms with Crippen molar-refractivity contribution in [3.63, 3.8) is 0 Å². The number of halogens is 1. The first-order valence-electron chi connectivity index (χ1n) is 8.23.